The molecule has 0 N–H and O–H groups in total. The predicted octanol–water partition coefficient (Wildman–Crippen LogP) is 10.6. The number of hydrogen-bond acceptors (Lipinski definition) is 0. The molecule has 3 aromatic carbocycles. The van der Waals surface area contributed by atoms with E-state index in [4.69, 9.17) is 11.6 Å². The third-order valence-corrected chi connectivity index (χ3v) is 8.14. The van der Waals surface area contributed by atoms with Crippen molar-refractivity contribution in [2.24, 2.45) is 11.8 Å². The van der Waals surface area contributed by atoms with Gasteiger partial charge in [0.25, 0.3) is 0 Å². The van der Waals surface area contributed by atoms with Gasteiger partial charge in [-0.05, 0) is 58.9 Å². The first-order valence-corrected chi connectivity index (χ1v) is 13.5. The van der Waals surface area contributed by atoms with Crippen molar-refractivity contribution in [3.63, 3.8) is 0 Å². The highest BCUT2D eigenvalue weighted by Gasteiger charge is 2.31. The van der Waals surface area contributed by atoms with E-state index in [-0.39, 0.29) is 0 Å². The van der Waals surface area contributed by atoms with E-state index in [1.807, 2.05) is 0 Å². The Morgan fingerprint density at radius 3 is 2.18 bits per heavy atom. The number of benzene rings is 3. The van der Waals surface area contributed by atoms with Crippen LogP contribution in [0.2, 0.25) is 5.02 Å². The predicted molar refractivity (Wildman–Crippen MR) is 145 cm³/mol. The summed E-state index contributed by atoms with van der Waals surface area (Å²) in [6, 6.07) is 26.2. The van der Waals surface area contributed by atoms with E-state index >= 15 is 0 Å². The number of rotatable bonds is 9. The molecule has 3 aromatic rings. The highest BCUT2D eigenvalue weighted by Crippen LogP contribution is 2.45. The first kappa shape index (κ1) is 24.1. The lowest BCUT2D eigenvalue weighted by molar-refractivity contribution is 0.182. The maximum atomic E-state index is 6.90. The van der Waals surface area contributed by atoms with Crippen molar-refractivity contribution in [2.75, 3.05) is 0 Å². The molecule has 1 saturated carbocycles. The van der Waals surface area contributed by atoms with Crippen LogP contribution >= 0.6 is 11.6 Å². The molecule has 0 bridgehead atoms. The van der Waals surface area contributed by atoms with Gasteiger partial charge in [-0.3, -0.25) is 0 Å². The molecule has 4 rings (SSSR count). The van der Waals surface area contributed by atoms with Crippen LogP contribution < -0.4 is 0 Å². The van der Waals surface area contributed by atoms with Crippen molar-refractivity contribution in [1.29, 1.82) is 0 Å². The molecule has 0 radical (unpaired) electrons. The third-order valence-electron chi connectivity index (χ3n) is 7.83. The van der Waals surface area contributed by atoms with Crippen molar-refractivity contribution < 1.29 is 0 Å². The Morgan fingerprint density at radius 1 is 0.788 bits per heavy atom. The Morgan fingerprint density at radius 2 is 1.48 bits per heavy atom. The molecule has 0 nitrogen and oxygen atoms in total. The summed E-state index contributed by atoms with van der Waals surface area (Å²) in [6.45, 7) is 4.68. The zero-order valence-electron chi connectivity index (χ0n) is 20.4. The lowest BCUT2D eigenvalue weighted by atomic mass is 9.68. The molecular formula is C32H39Cl. The zero-order valence-corrected chi connectivity index (χ0v) is 21.2. The van der Waals surface area contributed by atoms with E-state index < -0.39 is 0 Å². The van der Waals surface area contributed by atoms with Crippen LogP contribution in [0.5, 0.6) is 0 Å². The van der Waals surface area contributed by atoms with E-state index in [0.717, 1.165) is 22.4 Å². The van der Waals surface area contributed by atoms with E-state index in [9.17, 15) is 0 Å². The second-order valence-electron chi connectivity index (χ2n) is 9.90. The molecule has 1 aliphatic rings. The van der Waals surface area contributed by atoms with Crippen LogP contribution in [0.1, 0.15) is 83.1 Å². The summed E-state index contributed by atoms with van der Waals surface area (Å²) in [6.07, 6.45) is 12.3. The van der Waals surface area contributed by atoms with Crippen molar-refractivity contribution in [1.82, 2.24) is 0 Å². The Labute approximate surface area is 206 Å². The molecule has 174 valence electrons. The summed E-state index contributed by atoms with van der Waals surface area (Å²) in [5, 5.41) is 0.886. The fourth-order valence-electron chi connectivity index (χ4n) is 6.04. The smallest absolute Gasteiger partial charge is 0.0487 e. The highest BCUT2D eigenvalue weighted by molar-refractivity contribution is 6.33. The van der Waals surface area contributed by atoms with Gasteiger partial charge in [0.15, 0.2) is 0 Å². The molecule has 0 spiro atoms. The summed E-state index contributed by atoms with van der Waals surface area (Å²) in [7, 11) is 0. The molecule has 3 atom stereocenters. The minimum absolute atomic E-state index is 0.629. The molecule has 1 aliphatic carbocycles. The summed E-state index contributed by atoms with van der Waals surface area (Å²) in [5.41, 5.74) is 6.26. The molecule has 0 saturated heterocycles. The maximum absolute atomic E-state index is 6.90. The Hall–Kier alpha value is -2.05. The molecule has 1 fully saturated rings. The normalized spacial score (nSPS) is 19.4. The summed E-state index contributed by atoms with van der Waals surface area (Å²) in [4.78, 5) is 0. The van der Waals surface area contributed by atoms with Crippen LogP contribution in [-0.4, -0.2) is 0 Å². The molecule has 0 aliphatic heterocycles. The van der Waals surface area contributed by atoms with Gasteiger partial charge in [0.05, 0.1) is 0 Å². The largest absolute Gasteiger partial charge is 0.0837 e. The van der Waals surface area contributed by atoms with Gasteiger partial charge in [0.1, 0.15) is 0 Å². The van der Waals surface area contributed by atoms with Gasteiger partial charge in [0.2, 0.25) is 0 Å². The molecule has 0 aromatic heterocycles. The van der Waals surface area contributed by atoms with Crippen LogP contribution in [0.4, 0.5) is 0 Å². The lowest BCUT2D eigenvalue weighted by Gasteiger charge is -2.37. The van der Waals surface area contributed by atoms with Crippen molar-refractivity contribution >= 4 is 11.6 Å². The molecule has 33 heavy (non-hydrogen) atoms. The van der Waals surface area contributed by atoms with Gasteiger partial charge >= 0.3 is 0 Å². The van der Waals surface area contributed by atoms with Crippen LogP contribution in [0.25, 0.3) is 22.3 Å². The van der Waals surface area contributed by atoms with Gasteiger partial charge in [0, 0.05) is 10.6 Å². The fourth-order valence-corrected chi connectivity index (χ4v) is 6.33. The van der Waals surface area contributed by atoms with Gasteiger partial charge in [-0.1, -0.05) is 137 Å². The minimum Gasteiger partial charge on any atom is -0.0837 e. The van der Waals surface area contributed by atoms with E-state index in [1.54, 1.807) is 0 Å². The van der Waals surface area contributed by atoms with Gasteiger partial charge in [-0.2, -0.15) is 0 Å². The topological polar surface area (TPSA) is 0 Å². The van der Waals surface area contributed by atoms with Gasteiger partial charge in [-0.25, -0.2) is 0 Å². The average Bonchev–Trinajstić information content (AvgIpc) is 2.86. The van der Waals surface area contributed by atoms with Crippen LogP contribution in [-0.2, 0) is 0 Å². The van der Waals surface area contributed by atoms with Gasteiger partial charge in [-0.15, -0.1) is 0 Å². The van der Waals surface area contributed by atoms with Gasteiger partial charge < -0.3 is 0 Å². The van der Waals surface area contributed by atoms with E-state index in [2.05, 4.69) is 86.6 Å². The lowest BCUT2D eigenvalue weighted by Crippen LogP contribution is -2.25. The quantitative estimate of drug-likeness (QED) is 0.279. The third kappa shape index (κ3) is 5.90. The van der Waals surface area contributed by atoms with E-state index in [1.165, 1.54) is 80.0 Å². The molecule has 0 amide bonds. The Balaban J connectivity index is 1.53. The summed E-state index contributed by atoms with van der Waals surface area (Å²) < 4.78 is 0. The number of unbranched alkanes of at least 4 members (excludes halogenated alkanes) is 2. The van der Waals surface area contributed by atoms with Crippen molar-refractivity contribution in [2.45, 2.75) is 77.6 Å². The summed E-state index contributed by atoms with van der Waals surface area (Å²) >= 11 is 6.90. The Bertz CT molecular complexity index is 989. The summed E-state index contributed by atoms with van der Waals surface area (Å²) in [5.74, 6) is 2.33. The first-order valence-electron chi connectivity index (χ1n) is 13.2. The minimum atomic E-state index is 0.629. The van der Waals surface area contributed by atoms with Crippen LogP contribution in [0.15, 0.2) is 72.8 Å². The van der Waals surface area contributed by atoms with E-state index in [0.29, 0.717) is 5.92 Å². The zero-order chi connectivity index (χ0) is 23.0. The maximum Gasteiger partial charge on any atom is 0.0487 e. The second-order valence-corrected chi connectivity index (χ2v) is 10.3. The fraction of sp³-hybridized carbons (Fsp3) is 0.438. The number of hydrogen-bond donors (Lipinski definition) is 0. The SMILES string of the molecule is CCCCCC1CCCCC1C(CC)c1ccc(-c2ccc(-c3ccccc3)cc2)c(Cl)c1. The molecule has 3 unspecified atom stereocenters. The van der Waals surface area contributed by atoms with Crippen molar-refractivity contribution in [3.8, 4) is 22.3 Å². The van der Waals surface area contributed by atoms with Crippen LogP contribution in [0.3, 0.4) is 0 Å². The average molecular weight is 459 g/mol. The highest BCUT2D eigenvalue weighted by atomic mass is 35.5. The molecule has 1 heteroatoms. The van der Waals surface area contributed by atoms with Crippen LogP contribution in [0, 0.1) is 11.8 Å². The molecular weight excluding hydrogens is 420 g/mol. The first-order chi connectivity index (χ1) is 16.2. The second kappa shape index (κ2) is 11.9. The Kier molecular flexibility index (Phi) is 8.68. The standard InChI is InChI=1S/C32H39Cl/c1-3-5-7-14-26-15-10-11-16-30(26)29(4-2)28-21-22-31(32(33)23-28)27-19-17-25(18-20-27)24-12-8-6-9-13-24/h6,8-9,12-13,17-23,26,29-30H,3-5,7,10-11,14-16H2,1-2H3. The van der Waals surface area contributed by atoms with Crippen molar-refractivity contribution in [3.05, 3.63) is 83.4 Å². The molecule has 0 heterocycles. The monoisotopic (exact) mass is 458 g/mol. The number of halogens is 1.